The van der Waals surface area contributed by atoms with Gasteiger partial charge in [0, 0.05) is 31.1 Å². The predicted molar refractivity (Wildman–Crippen MR) is 125 cm³/mol. The Labute approximate surface area is 193 Å². The number of hydrogen-bond donors (Lipinski definition) is 0. The van der Waals surface area contributed by atoms with Crippen LogP contribution in [0.4, 0.5) is 0 Å². The smallest absolute Gasteiger partial charge is 0.309 e. The van der Waals surface area contributed by atoms with Crippen LogP contribution in [0.1, 0.15) is 55.6 Å². The van der Waals surface area contributed by atoms with Crippen LogP contribution in [-0.2, 0) is 14.3 Å². The average Bonchev–Trinajstić information content (AvgIpc) is 3.29. The molecule has 32 heavy (non-hydrogen) atoms. The van der Waals surface area contributed by atoms with Gasteiger partial charge in [-0.1, -0.05) is 38.1 Å². The van der Waals surface area contributed by atoms with Crippen molar-refractivity contribution < 1.29 is 19.1 Å². The third kappa shape index (κ3) is 5.73. The van der Waals surface area contributed by atoms with Gasteiger partial charge in [-0.3, -0.25) is 14.4 Å². The third-order valence-corrected chi connectivity index (χ3v) is 6.63. The Morgan fingerprint density at radius 1 is 1.19 bits per heavy atom. The molecule has 0 radical (unpaired) electrons. The van der Waals surface area contributed by atoms with Crippen molar-refractivity contribution in [2.45, 2.75) is 39.5 Å². The molecule has 0 saturated carbocycles. The highest BCUT2D eigenvalue weighted by Gasteiger charge is 2.29. The Bertz CT molecular complexity index is 946. The predicted octanol–water partition coefficient (Wildman–Crippen LogP) is 3.81. The number of hydrogen-bond acceptors (Lipinski definition) is 6. The van der Waals surface area contributed by atoms with E-state index in [2.05, 4.69) is 31.0 Å². The fourth-order valence-corrected chi connectivity index (χ4v) is 4.51. The van der Waals surface area contributed by atoms with Crippen LogP contribution in [0.5, 0.6) is 0 Å². The van der Waals surface area contributed by atoms with E-state index in [1.165, 1.54) is 21.8 Å². The van der Waals surface area contributed by atoms with Crippen molar-refractivity contribution in [2.75, 3.05) is 33.3 Å². The van der Waals surface area contributed by atoms with Crippen molar-refractivity contribution in [2.24, 2.45) is 5.92 Å². The summed E-state index contributed by atoms with van der Waals surface area (Å²) in [4.78, 5) is 44.9. The second-order valence-corrected chi connectivity index (χ2v) is 9.24. The molecular weight excluding hydrogens is 426 g/mol. The maximum absolute atomic E-state index is 12.8. The molecule has 1 aliphatic heterocycles. The van der Waals surface area contributed by atoms with E-state index in [0.717, 1.165) is 10.6 Å². The van der Waals surface area contributed by atoms with E-state index in [9.17, 15) is 14.4 Å². The average molecular weight is 458 g/mol. The summed E-state index contributed by atoms with van der Waals surface area (Å²) in [5.41, 5.74) is 2.57. The number of aromatic nitrogens is 1. The van der Waals surface area contributed by atoms with Gasteiger partial charge in [-0.2, -0.15) is 0 Å². The maximum atomic E-state index is 12.8. The van der Waals surface area contributed by atoms with E-state index in [-0.39, 0.29) is 30.2 Å². The minimum atomic E-state index is -0.277. The van der Waals surface area contributed by atoms with Crippen LogP contribution in [0.2, 0.25) is 0 Å². The number of likely N-dealkylation sites (N-methyl/N-ethyl adjacent to an activating group) is 1. The normalized spacial score (nSPS) is 14.5. The molecule has 3 rings (SSSR count). The number of carbonyl (C=O) groups excluding carboxylic acids is 3. The molecule has 8 heteroatoms. The Morgan fingerprint density at radius 3 is 2.44 bits per heavy atom. The molecule has 2 amide bonds. The molecular formula is C24H31N3O4S. The summed E-state index contributed by atoms with van der Waals surface area (Å²) >= 11 is 1.42. The van der Waals surface area contributed by atoms with Gasteiger partial charge in [0.15, 0.2) is 0 Å². The minimum Gasteiger partial charge on any atom is -0.466 e. The summed E-state index contributed by atoms with van der Waals surface area (Å²) in [5.74, 6) is -0.282. The summed E-state index contributed by atoms with van der Waals surface area (Å²) in [6.45, 7) is 7.43. The van der Waals surface area contributed by atoms with E-state index in [4.69, 9.17) is 4.74 Å². The number of likely N-dealkylation sites (tertiary alicyclic amines) is 1. The van der Waals surface area contributed by atoms with E-state index in [1.54, 1.807) is 24.3 Å². The van der Waals surface area contributed by atoms with Crippen LogP contribution in [0, 0.1) is 5.92 Å². The second-order valence-electron chi connectivity index (χ2n) is 8.38. The number of thiazole rings is 1. The molecule has 2 heterocycles. The van der Waals surface area contributed by atoms with Crippen LogP contribution in [0.3, 0.4) is 0 Å². The maximum Gasteiger partial charge on any atom is 0.309 e. The highest BCUT2D eigenvalue weighted by atomic mass is 32.1. The van der Waals surface area contributed by atoms with E-state index >= 15 is 0 Å². The van der Waals surface area contributed by atoms with Crippen molar-refractivity contribution >= 4 is 29.1 Å². The number of esters is 1. The number of nitrogens with zero attached hydrogens (tertiary/aromatic N) is 3. The minimum absolute atomic E-state index is 0.0150. The second kappa shape index (κ2) is 10.7. The van der Waals surface area contributed by atoms with Gasteiger partial charge in [-0.25, -0.2) is 4.98 Å². The quantitative estimate of drug-likeness (QED) is 0.591. The Kier molecular flexibility index (Phi) is 8.01. The molecule has 1 fully saturated rings. The summed E-state index contributed by atoms with van der Waals surface area (Å²) in [6, 6.07) is 8.21. The van der Waals surface area contributed by atoms with Gasteiger partial charge in [0.1, 0.15) is 10.7 Å². The van der Waals surface area contributed by atoms with Crippen molar-refractivity contribution in [1.82, 2.24) is 14.8 Å². The highest BCUT2D eigenvalue weighted by Crippen LogP contribution is 2.26. The van der Waals surface area contributed by atoms with Crippen LogP contribution in [0.25, 0.3) is 10.6 Å². The third-order valence-electron chi connectivity index (χ3n) is 5.73. The van der Waals surface area contributed by atoms with Gasteiger partial charge in [0.25, 0.3) is 5.91 Å². The molecule has 1 aromatic heterocycles. The van der Waals surface area contributed by atoms with Gasteiger partial charge in [0.05, 0.1) is 19.1 Å². The molecule has 1 saturated heterocycles. The first-order chi connectivity index (χ1) is 15.3. The number of benzene rings is 1. The van der Waals surface area contributed by atoms with Crippen molar-refractivity contribution in [3.8, 4) is 10.6 Å². The Morgan fingerprint density at radius 2 is 1.84 bits per heavy atom. The van der Waals surface area contributed by atoms with E-state index < -0.39 is 0 Å². The van der Waals surface area contributed by atoms with Gasteiger partial charge in [-0.05, 0) is 31.2 Å². The highest BCUT2D eigenvalue weighted by molar-refractivity contribution is 7.13. The summed E-state index contributed by atoms with van der Waals surface area (Å²) in [7, 11) is 1.61. The first-order valence-electron chi connectivity index (χ1n) is 11.1. The van der Waals surface area contributed by atoms with Crippen molar-refractivity contribution in [3.63, 3.8) is 0 Å². The monoisotopic (exact) mass is 457 g/mol. The zero-order valence-corrected chi connectivity index (χ0v) is 20.0. The lowest BCUT2D eigenvalue weighted by Gasteiger charge is -2.32. The number of ether oxygens (including phenoxy) is 1. The molecule has 7 nitrogen and oxygen atoms in total. The van der Waals surface area contributed by atoms with Gasteiger partial charge in [0.2, 0.25) is 5.91 Å². The molecule has 172 valence electrons. The fraction of sp³-hybridized carbons (Fsp3) is 0.500. The molecule has 0 spiro atoms. The summed E-state index contributed by atoms with van der Waals surface area (Å²) in [6.07, 6.45) is 1.18. The van der Waals surface area contributed by atoms with Gasteiger partial charge < -0.3 is 14.5 Å². The Hall–Kier alpha value is -2.74. The molecule has 2 aromatic rings. The molecule has 0 unspecified atom stereocenters. The zero-order chi connectivity index (χ0) is 23.3. The number of piperidine rings is 1. The largest absolute Gasteiger partial charge is 0.466 e. The van der Waals surface area contributed by atoms with Crippen LogP contribution in [0.15, 0.2) is 29.6 Å². The summed E-state index contributed by atoms with van der Waals surface area (Å²) in [5, 5.41) is 2.52. The topological polar surface area (TPSA) is 79.8 Å². The van der Waals surface area contributed by atoms with E-state index in [1.807, 2.05) is 12.1 Å². The van der Waals surface area contributed by atoms with Crippen LogP contribution in [-0.4, -0.2) is 65.9 Å². The molecule has 0 bridgehead atoms. The molecule has 0 N–H and O–H groups in total. The molecule has 0 aliphatic carbocycles. The number of amides is 2. The Balaban J connectivity index is 1.55. The first kappa shape index (κ1) is 23.9. The number of carbonyl (C=O) groups is 3. The fourth-order valence-electron chi connectivity index (χ4n) is 3.71. The van der Waals surface area contributed by atoms with Crippen LogP contribution < -0.4 is 0 Å². The van der Waals surface area contributed by atoms with Gasteiger partial charge >= 0.3 is 5.97 Å². The lowest BCUT2D eigenvalue weighted by Crippen LogP contribution is -2.45. The SMILES string of the molecule is CCOC(=O)C1CCN(C(=O)CN(C)C(=O)c2csc(-c3ccc(C(C)C)cc3)n2)CC1. The molecule has 0 atom stereocenters. The zero-order valence-electron chi connectivity index (χ0n) is 19.2. The van der Waals surface area contributed by atoms with Crippen molar-refractivity contribution in [3.05, 3.63) is 40.9 Å². The lowest BCUT2D eigenvalue weighted by atomic mass is 9.97. The molecule has 1 aliphatic rings. The number of rotatable bonds is 7. The standard InChI is InChI=1S/C24H31N3O4S/c1-5-31-24(30)19-10-12-27(13-11-19)21(28)14-26(4)23(29)20-15-32-22(25-20)18-8-6-17(7-9-18)16(2)3/h6-9,15-16,19H,5,10-14H2,1-4H3. The van der Waals surface area contributed by atoms with Crippen molar-refractivity contribution in [1.29, 1.82) is 0 Å². The van der Waals surface area contributed by atoms with Crippen LogP contribution >= 0.6 is 11.3 Å². The lowest BCUT2D eigenvalue weighted by molar-refractivity contribution is -0.151. The first-order valence-corrected chi connectivity index (χ1v) is 11.9. The summed E-state index contributed by atoms with van der Waals surface area (Å²) < 4.78 is 5.07. The van der Waals surface area contributed by atoms with E-state index in [0.29, 0.717) is 44.1 Å². The molecule has 1 aromatic carbocycles. The van der Waals surface area contributed by atoms with Gasteiger partial charge in [-0.15, -0.1) is 11.3 Å².